The molecule has 0 spiro atoms. The standard InChI is InChI=1S/C27H25NO5/c1-3-32-26(30)23-25-24(29)20-16-10-11-17-21(20)27(31-2,33-25)28(23)22(18-12-6-4-7-13-18)19-14-8-5-9-15-19/h4-17,22-23,25H,3H2,1-2H3/t23-,25+,27+/m0/s1. The fourth-order valence-corrected chi connectivity index (χ4v) is 5.00. The molecule has 3 aromatic carbocycles. The van der Waals surface area contributed by atoms with E-state index in [2.05, 4.69) is 0 Å². The molecule has 1 saturated heterocycles. The summed E-state index contributed by atoms with van der Waals surface area (Å²) >= 11 is 0. The molecule has 0 amide bonds. The Morgan fingerprint density at radius 3 is 2.12 bits per heavy atom. The monoisotopic (exact) mass is 443 g/mol. The molecule has 2 bridgehead atoms. The molecule has 168 valence electrons. The van der Waals surface area contributed by atoms with Gasteiger partial charge in [-0.15, -0.1) is 0 Å². The van der Waals surface area contributed by atoms with E-state index in [1.165, 1.54) is 7.11 Å². The van der Waals surface area contributed by atoms with Crippen molar-refractivity contribution in [1.29, 1.82) is 0 Å². The van der Waals surface area contributed by atoms with Crippen LogP contribution < -0.4 is 0 Å². The third-order valence-electron chi connectivity index (χ3n) is 6.32. The second kappa shape index (κ2) is 8.56. The van der Waals surface area contributed by atoms with Gasteiger partial charge in [-0.3, -0.25) is 9.59 Å². The van der Waals surface area contributed by atoms with Crippen molar-refractivity contribution in [2.75, 3.05) is 13.7 Å². The van der Waals surface area contributed by atoms with Gasteiger partial charge < -0.3 is 14.2 Å². The number of rotatable bonds is 6. The van der Waals surface area contributed by atoms with E-state index in [-0.39, 0.29) is 12.4 Å². The van der Waals surface area contributed by atoms with Crippen LogP contribution >= 0.6 is 0 Å². The van der Waals surface area contributed by atoms with Gasteiger partial charge >= 0.3 is 5.97 Å². The van der Waals surface area contributed by atoms with E-state index in [4.69, 9.17) is 14.2 Å². The van der Waals surface area contributed by atoms with Gasteiger partial charge in [0.05, 0.1) is 12.6 Å². The molecular weight excluding hydrogens is 418 g/mol. The molecule has 2 heterocycles. The largest absolute Gasteiger partial charge is 0.465 e. The zero-order valence-electron chi connectivity index (χ0n) is 18.5. The van der Waals surface area contributed by atoms with Crippen LogP contribution in [0.3, 0.4) is 0 Å². The first kappa shape index (κ1) is 21.5. The summed E-state index contributed by atoms with van der Waals surface area (Å²) in [6, 6.07) is 25.5. The van der Waals surface area contributed by atoms with Crippen molar-refractivity contribution in [2.24, 2.45) is 0 Å². The minimum Gasteiger partial charge on any atom is -0.465 e. The van der Waals surface area contributed by atoms with Crippen molar-refractivity contribution < 1.29 is 23.8 Å². The fourth-order valence-electron chi connectivity index (χ4n) is 5.00. The van der Waals surface area contributed by atoms with E-state index in [0.717, 1.165) is 11.1 Å². The van der Waals surface area contributed by atoms with Crippen molar-refractivity contribution in [3.63, 3.8) is 0 Å². The number of ether oxygens (including phenoxy) is 3. The number of methoxy groups -OCH3 is 1. The molecule has 5 rings (SSSR count). The summed E-state index contributed by atoms with van der Waals surface area (Å²) in [6.45, 7) is 1.94. The SMILES string of the molecule is CCOC(=O)[C@@H]1[C@H]2O[C@](OC)(c3ccccc3C2=O)N1C(c1ccccc1)c1ccccc1. The first-order chi connectivity index (χ1) is 16.1. The van der Waals surface area contributed by atoms with E-state index in [1.807, 2.05) is 77.7 Å². The van der Waals surface area contributed by atoms with Crippen LogP contribution in [-0.2, 0) is 24.9 Å². The number of hydrogen-bond acceptors (Lipinski definition) is 6. The second-order valence-electron chi connectivity index (χ2n) is 8.06. The van der Waals surface area contributed by atoms with Crippen LogP contribution in [0.2, 0.25) is 0 Å². The highest BCUT2D eigenvalue weighted by Gasteiger charge is 2.66. The number of esters is 1. The van der Waals surface area contributed by atoms with Gasteiger partial charge in [-0.2, -0.15) is 0 Å². The molecule has 1 fully saturated rings. The zero-order valence-corrected chi connectivity index (χ0v) is 18.5. The van der Waals surface area contributed by atoms with Crippen molar-refractivity contribution in [3.05, 3.63) is 107 Å². The van der Waals surface area contributed by atoms with Gasteiger partial charge in [-0.25, -0.2) is 4.90 Å². The zero-order chi connectivity index (χ0) is 23.0. The summed E-state index contributed by atoms with van der Waals surface area (Å²) in [5, 5.41) is 0. The number of carbonyl (C=O) groups is 2. The molecule has 3 aromatic rings. The predicted octanol–water partition coefficient (Wildman–Crippen LogP) is 4.06. The molecule has 3 atom stereocenters. The lowest BCUT2D eigenvalue weighted by Gasteiger charge is -2.42. The Labute approximate surface area is 192 Å². The quantitative estimate of drug-likeness (QED) is 0.536. The molecule has 0 radical (unpaired) electrons. The normalized spacial score (nSPS) is 24.0. The Morgan fingerprint density at radius 1 is 0.970 bits per heavy atom. The summed E-state index contributed by atoms with van der Waals surface area (Å²) < 4.78 is 17.9. The topological polar surface area (TPSA) is 65.1 Å². The molecule has 0 N–H and O–H groups in total. The van der Waals surface area contributed by atoms with E-state index in [9.17, 15) is 9.59 Å². The lowest BCUT2D eigenvalue weighted by Crippen LogP contribution is -2.52. The summed E-state index contributed by atoms with van der Waals surface area (Å²) in [5.41, 5.74) is 2.95. The Bertz CT molecular complexity index is 1130. The van der Waals surface area contributed by atoms with Gasteiger partial charge in [0.1, 0.15) is 6.04 Å². The summed E-state index contributed by atoms with van der Waals surface area (Å²) in [4.78, 5) is 28.7. The average molecular weight is 443 g/mol. The smallest absolute Gasteiger partial charge is 0.326 e. The van der Waals surface area contributed by atoms with Crippen LogP contribution in [0, 0.1) is 0 Å². The van der Waals surface area contributed by atoms with Crippen LogP contribution in [0.15, 0.2) is 84.9 Å². The number of Topliss-reactive ketones (excluding diaryl/α,β-unsaturated/α-hetero) is 1. The van der Waals surface area contributed by atoms with E-state index in [1.54, 1.807) is 19.1 Å². The molecule has 2 aliphatic rings. The fraction of sp³-hybridized carbons (Fsp3) is 0.259. The van der Waals surface area contributed by atoms with Crippen LogP contribution in [0.5, 0.6) is 0 Å². The highest BCUT2D eigenvalue weighted by molar-refractivity contribution is 6.05. The highest BCUT2D eigenvalue weighted by atomic mass is 16.7. The van der Waals surface area contributed by atoms with Gasteiger partial charge in [0.25, 0.3) is 5.91 Å². The van der Waals surface area contributed by atoms with Crippen molar-refractivity contribution in [1.82, 2.24) is 4.90 Å². The van der Waals surface area contributed by atoms with Gasteiger partial charge in [0.15, 0.2) is 11.9 Å². The summed E-state index contributed by atoms with van der Waals surface area (Å²) in [7, 11) is 1.54. The molecule has 0 aliphatic carbocycles. The summed E-state index contributed by atoms with van der Waals surface area (Å²) in [6.07, 6.45) is -1.05. The van der Waals surface area contributed by atoms with Crippen LogP contribution in [0.25, 0.3) is 0 Å². The highest BCUT2D eigenvalue weighted by Crippen LogP contribution is 2.52. The van der Waals surface area contributed by atoms with Gasteiger partial charge in [0.2, 0.25) is 0 Å². The van der Waals surface area contributed by atoms with Gasteiger partial charge in [0, 0.05) is 18.2 Å². The first-order valence-corrected chi connectivity index (χ1v) is 11.0. The van der Waals surface area contributed by atoms with Crippen molar-refractivity contribution >= 4 is 11.8 Å². The molecule has 0 unspecified atom stereocenters. The lowest BCUT2D eigenvalue weighted by molar-refractivity contribution is -0.290. The van der Waals surface area contributed by atoms with Crippen molar-refractivity contribution in [2.45, 2.75) is 31.0 Å². The predicted molar refractivity (Wildman–Crippen MR) is 121 cm³/mol. The maximum absolute atomic E-state index is 13.5. The minimum absolute atomic E-state index is 0.193. The Hall–Kier alpha value is -3.32. The summed E-state index contributed by atoms with van der Waals surface area (Å²) in [5.74, 6) is -2.21. The molecular formula is C27H25NO5. The number of hydrogen-bond donors (Lipinski definition) is 0. The Morgan fingerprint density at radius 2 is 1.55 bits per heavy atom. The maximum atomic E-state index is 13.5. The van der Waals surface area contributed by atoms with Crippen LogP contribution in [-0.4, -0.2) is 42.5 Å². The molecule has 2 aliphatic heterocycles. The van der Waals surface area contributed by atoms with E-state index >= 15 is 0 Å². The number of ketones is 1. The molecule has 6 heteroatoms. The van der Waals surface area contributed by atoms with Crippen molar-refractivity contribution in [3.8, 4) is 0 Å². The number of fused-ring (bicyclic) bond motifs is 4. The molecule has 33 heavy (non-hydrogen) atoms. The number of benzene rings is 3. The maximum Gasteiger partial charge on any atom is 0.326 e. The van der Waals surface area contributed by atoms with Gasteiger partial charge in [-0.1, -0.05) is 84.9 Å². The van der Waals surface area contributed by atoms with Crippen LogP contribution in [0.4, 0.5) is 0 Å². The molecule has 0 aromatic heterocycles. The number of carbonyl (C=O) groups excluding carboxylic acids is 2. The van der Waals surface area contributed by atoms with E-state index < -0.39 is 30.1 Å². The number of nitrogens with zero attached hydrogens (tertiary/aromatic N) is 1. The Kier molecular flexibility index (Phi) is 5.58. The minimum atomic E-state index is -1.44. The second-order valence-corrected chi connectivity index (χ2v) is 8.06. The third kappa shape index (κ3) is 3.30. The van der Waals surface area contributed by atoms with Crippen LogP contribution in [0.1, 0.15) is 40.0 Å². The molecule has 0 saturated carbocycles. The average Bonchev–Trinajstić information content (AvgIpc) is 3.17. The first-order valence-electron chi connectivity index (χ1n) is 11.0. The Balaban J connectivity index is 1.79. The molecule has 6 nitrogen and oxygen atoms in total. The van der Waals surface area contributed by atoms with Gasteiger partial charge in [-0.05, 0) is 18.1 Å². The third-order valence-corrected chi connectivity index (χ3v) is 6.32. The van der Waals surface area contributed by atoms with E-state index in [0.29, 0.717) is 11.1 Å². The lowest BCUT2D eigenvalue weighted by atomic mass is 9.94.